The predicted octanol–water partition coefficient (Wildman–Crippen LogP) is 8.09. The second kappa shape index (κ2) is 10.3. The lowest BCUT2D eigenvalue weighted by molar-refractivity contribution is 0.0697. The Labute approximate surface area is 234 Å². The van der Waals surface area contributed by atoms with Crippen molar-refractivity contribution in [1.82, 2.24) is 5.16 Å². The van der Waals surface area contributed by atoms with Crippen LogP contribution in [0.2, 0.25) is 15.1 Å². The molecule has 6 nitrogen and oxygen atoms in total. The molecule has 1 aliphatic carbocycles. The lowest BCUT2D eigenvalue weighted by atomic mass is 9.91. The summed E-state index contributed by atoms with van der Waals surface area (Å²) in [6, 6.07) is 19.5. The first kappa shape index (κ1) is 26.1. The molecule has 0 spiro atoms. The summed E-state index contributed by atoms with van der Waals surface area (Å²) in [5.74, 6) is 0.105. The zero-order valence-corrected chi connectivity index (χ0v) is 22.4. The lowest BCUT2D eigenvalue weighted by Crippen LogP contribution is -2.08. The Bertz CT molecular complexity index is 1560. The van der Waals surface area contributed by atoms with Gasteiger partial charge >= 0.3 is 5.97 Å². The van der Waals surface area contributed by atoms with Crippen molar-refractivity contribution in [3.8, 4) is 23.1 Å². The van der Waals surface area contributed by atoms with Crippen LogP contribution in [0.15, 0.2) is 65.2 Å². The van der Waals surface area contributed by atoms with Crippen LogP contribution in [-0.2, 0) is 18.4 Å². The Morgan fingerprint density at radius 3 is 2.45 bits per heavy atom. The summed E-state index contributed by atoms with van der Waals surface area (Å²) in [5.41, 5.74) is 2.92. The first-order valence-corrected chi connectivity index (χ1v) is 13.0. The molecule has 0 aliphatic heterocycles. The van der Waals surface area contributed by atoms with E-state index in [2.05, 4.69) is 11.2 Å². The van der Waals surface area contributed by atoms with E-state index in [0.29, 0.717) is 50.7 Å². The van der Waals surface area contributed by atoms with Gasteiger partial charge in [0.05, 0.1) is 32.7 Å². The van der Waals surface area contributed by atoms with Crippen LogP contribution in [-0.4, -0.2) is 16.2 Å². The van der Waals surface area contributed by atoms with Crippen molar-refractivity contribution in [2.75, 3.05) is 0 Å². The fourth-order valence-corrected chi connectivity index (χ4v) is 5.66. The zero-order valence-electron chi connectivity index (χ0n) is 20.2. The van der Waals surface area contributed by atoms with Gasteiger partial charge in [0.15, 0.2) is 0 Å². The van der Waals surface area contributed by atoms with E-state index in [0.717, 1.165) is 16.7 Å². The maximum atomic E-state index is 11.2. The number of nitriles is 1. The van der Waals surface area contributed by atoms with E-state index in [1.807, 2.05) is 19.1 Å². The molecule has 1 fully saturated rings. The number of carboxylic acid groups (broad SMARTS) is 1. The molecule has 192 valence electrons. The molecule has 5 rings (SSSR count). The third-order valence-corrected chi connectivity index (χ3v) is 7.89. The van der Waals surface area contributed by atoms with Crippen LogP contribution in [0.4, 0.5) is 0 Å². The monoisotopic (exact) mass is 566 g/mol. The van der Waals surface area contributed by atoms with Gasteiger partial charge in [0, 0.05) is 22.9 Å². The van der Waals surface area contributed by atoms with Crippen molar-refractivity contribution < 1.29 is 19.2 Å². The van der Waals surface area contributed by atoms with Crippen LogP contribution in [0.1, 0.15) is 52.1 Å². The molecule has 2 atom stereocenters. The Kier molecular flexibility index (Phi) is 7.11. The smallest absolute Gasteiger partial charge is 0.335 e. The van der Waals surface area contributed by atoms with Crippen molar-refractivity contribution in [2.45, 2.75) is 37.7 Å². The topological polar surface area (TPSA) is 96.4 Å². The lowest BCUT2D eigenvalue weighted by Gasteiger charge is -2.13. The van der Waals surface area contributed by atoms with Crippen molar-refractivity contribution in [2.24, 2.45) is 0 Å². The van der Waals surface area contributed by atoms with Crippen LogP contribution < -0.4 is 4.74 Å². The van der Waals surface area contributed by atoms with Crippen LogP contribution in [0.25, 0.3) is 11.3 Å². The van der Waals surface area contributed by atoms with E-state index < -0.39 is 11.4 Å². The Balaban J connectivity index is 1.36. The first-order chi connectivity index (χ1) is 18.3. The highest BCUT2D eigenvalue weighted by Gasteiger charge is 2.57. The molecule has 3 aromatic carbocycles. The molecule has 0 saturated heterocycles. The van der Waals surface area contributed by atoms with E-state index in [1.54, 1.807) is 36.4 Å². The molecule has 0 amide bonds. The largest absolute Gasteiger partial charge is 0.489 e. The summed E-state index contributed by atoms with van der Waals surface area (Å²) in [6.07, 6.45) is 1.21. The van der Waals surface area contributed by atoms with Gasteiger partial charge in [-0.1, -0.05) is 71.1 Å². The average molecular weight is 568 g/mol. The molecule has 4 aromatic rings. The second-order valence-corrected chi connectivity index (χ2v) is 10.3. The number of carbonyl (C=O) groups is 1. The van der Waals surface area contributed by atoms with E-state index in [4.69, 9.17) is 49.2 Å². The van der Waals surface area contributed by atoms with E-state index in [1.165, 1.54) is 12.1 Å². The number of aromatic nitrogens is 1. The zero-order chi connectivity index (χ0) is 27.0. The molecule has 0 radical (unpaired) electrons. The number of hydrogen-bond donors (Lipinski definition) is 1. The number of ether oxygens (including phenoxy) is 1. The molecule has 9 heteroatoms. The van der Waals surface area contributed by atoms with Crippen LogP contribution in [0.3, 0.4) is 0 Å². The minimum atomic E-state index is -1.01. The van der Waals surface area contributed by atoms with Crippen LogP contribution in [0.5, 0.6) is 5.75 Å². The predicted molar refractivity (Wildman–Crippen MR) is 145 cm³/mol. The SMILES string of the molecule is CCc1onc(-c2c(Cl)cccc2Cl)c1COc1ccc(C2CC2(C#N)c2ccc(C(=O)O)cc2)c(Cl)c1. The van der Waals surface area contributed by atoms with E-state index in [9.17, 15) is 10.1 Å². The van der Waals surface area contributed by atoms with Crippen molar-refractivity contribution >= 4 is 40.8 Å². The minimum Gasteiger partial charge on any atom is -0.489 e. The molecular weight excluding hydrogens is 547 g/mol. The summed E-state index contributed by atoms with van der Waals surface area (Å²) < 4.78 is 11.6. The highest BCUT2D eigenvalue weighted by molar-refractivity contribution is 6.39. The summed E-state index contributed by atoms with van der Waals surface area (Å²) in [5, 5.41) is 24.8. The molecule has 1 saturated carbocycles. The standard InChI is InChI=1S/C29H21Cl3N2O4/c1-2-25-20(27(34-38-25)26-22(30)4-3-5-23(26)31)14-37-18-10-11-19(24(32)12-18)21-13-29(21,15-33)17-8-6-16(7-9-17)28(35)36/h3-12,21H,2,13-14H2,1H3,(H,35,36). The minimum absolute atomic E-state index is 0.108. The molecule has 1 aliphatic rings. The number of aromatic carboxylic acids is 1. The highest BCUT2D eigenvalue weighted by Crippen LogP contribution is 2.61. The maximum absolute atomic E-state index is 11.2. The normalized spacial score (nSPS) is 18.1. The molecular formula is C29H21Cl3N2O4. The van der Waals surface area contributed by atoms with Crippen LogP contribution in [0, 0.1) is 11.3 Å². The van der Waals surface area contributed by atoms with Gasteiger partial charge < -0.3 is 14.4 Å². The van der Waals surface area contributed by atoms with Gasteiger partial charge in [-0.25, -0.2) is 4.79 Å². The molecule has 1 aromatic heterocycles. The highest BCUT2D eigenvalue weighted by atomic mass is 35.5. The number of halogens is 3. The van der Waals surface area contributed by atoms with Crippen molar-refractivity contribution in [1.29, 1.82) is 5.26 Å². The molecule has 1 heterocycles. The van der Waals surface area contributed by atoms with Gasteiger partial charge in [-0.2, -0.15) is 5.26 Å². The van der Waals surface area contributed by atoms with Gasteiger partial charge in [-0.3, -0.25) is 0 Å². The summed E-state index contributed by atoms with van der Waals surface area (Å²) in [7, 11) is 0. The van der Waals surface area contributed by atoms with E-state index >= 15 is 0 Å². The van der Waals surface area contributed by atoms with Gasteiger partial charge in [0.25, 0.3) is 0 Å². The summed E-state index contributed by atoms with van der Waals surface area (Å²) >= 11 is 19.5. The van der Waals surface area contributed by atoms with Crippen LogP contribution >= 0.6 is 34.8 Å². The number of carboxylic acids is 1. The molecule has 2 unspecified atom stereocenters. The summed E-state index contributed by atoms with van der Waals surface area (Å²) in [4.78, 5) is 11.2. The number of rotatable bonds is 8. The third-order valence-electron chi connectivity index (χ3n) is 6.93. The molecule has 1 N–H and O–H groups in total. The number of benzene rings is 3. The van der Waals surface area contributed by atoms with E-state index in [-0.39, 0.29) is 18.1 Å². The van der Waals surface area contributed by atoms with Gasteiger partial charge in [0.2, 0.25) is 0 Å². The Morgan fingerprint density at radius 2 is 1.84 bits per heavy atom. The maximum Gasteiger partial charge on any atom is 0.335 e. The van der Waals surface area contributed by atoms with Crippen molar-refractivity contribution in [3.63, 3.8) is 0 Å². The fourth-order valence-electron chi connectivity index (χ4n) is 4.78. The van der Waals surface area contributed by atoms with Crippen molar-refractivity contribution in [3.05, 3.63) is 104 Å². The number of aryl methyl sites for hydroxylation is 1. The number of hydrogen-bond acceptors (Lipinski definition) is 5. The Hall–Kier alpha value is -3.50. The summed E-state index contributed by atoms with van der Waals surface area (Å²) in [6.45, 7) is 2.13. The average Bonchev–Trinajstić information content (AvgIpc) is 3.52. The Morgan fingerprint density at radius 1 is 1.13 bits per heavy atom. The second-order valence-electron chi connectivity index (χ2n) is 9.08. The fraction of sp³-hybridized carbons (Fsp3) is 0.207. The first-order valence-electron chi connectivity index (χ1n) is 11.9. The molecule has 0 bridgehead atoms. The number of nitrogens with zero attached hydrogens (tertiary/aromatic N) is 2. The molecule has 38 heavy (non-hydrogen) atoms. The van der Waals surface area contributed by atoms with Gasteiger partial charge in [-0.15, -0.1) is 0 Å². The van der Waals surface area contributed by atoms with Gasteiger partial charge in [-0.05, 0) is 53.9 Å². The quantitative estimate of drug-likeness (QED) is 0.231. The van der Waals surface area contributed by atoms with Gasteiger partial charge in [0.1, 0.15) is 23.8 Å². The third kappa shape index (κ3) is 4.63.